The smallest absolute Gasteiger partial charge is 0.274 e. The summed E-state index contributed by atoms with van der Waals surface area (Å²) in [7, 11) is 0. The van der Waals surface area contributed by atoms with Crippen molar-refractivity contribution in [1.82, 2.24) is 9.97 Å². The molecule has 1 amide bonds. The Morgan fingerprint density at radius 3 is 2.63 bits per heavy atom. The molecule has 3 aromatic rings. The average molecular weight is 362 g/mol. The number of para-hydroxylation sites is 2. The summed E-state index contributed by atoms with van der Waals surface area (Å²) in [6, 6.07) is 14.9. The van der Waals surface area contributed by atoms with E-state index in [1.54, 1.807) is 12.1 Å². The number of benzene rings is 2. The maximum absolute atomic E-state index is 12.6. The second-order valence-electron chi connectivity index (χ2n) is 6.04. The van der Waals surface area contributed by atoms with Gasteiger partial charge < -0.3 is 15.4 Å². The Morgan fingerprint density at radius 1 is 1.04 bits per heavy atom. The van der Waals surface area contributed by atoms with Crippen molar-refractivity contribution in [2.24, 2.45) is 0 Å². The first-order valence-corrected chi connectivity index (χ1v) is 8.77. The molecule has 0 radical (unpaired) electrons. The topological polar surface area (TPSA) is 76.1 Å². The molecule has 0 aliphatic rings. The van der Waals surface area contributed by atoms with Crippen molar-refractivity contribution < 1.29 is 9.53 Å². The van der Waals surface area contributed by atoms with Crippen LogP contribution in [0, 0.1) is 13.8 Å². The molecule has 138 valence electrons. The van der Waals surface area contributed by atoms with Crippen LogP contribution in [0.25, 0.3) is 0 Å². The number of nitrogens with one attached hydrogen (secondary N) is 2. The lowest BCUT2D eigenvalue weighted by atomic mass is 10.1. The van der Waals surface area contributed by atoms with Gasteiger partial charge in [-0.05, 0) is 50.1 Å². The fraction of sp³-hybridized carbons (Fsp3) is 0.190. The Balaban J connectivity index is 1.79. The van der Waals surface area contributed by atoms with Gasteiger partial charge in [-0.25, -0.2) is 9.97 Å². The van der Waals surface area contributed by atoms with E-state index in [-0.39, 0.29) is 11.6 Å². The summed E-state index contributed by atoms with van der Waals surface area (Å²) in [5.41, 5.74) is 4.13. The quantitative estimate of drug-likeness (QED) is 0.676. The molecule has 0 saturated heterocycles. The number of hydrogen-bond donors (Lipinski definition) is 2. The molecule has 0 unspecified atom stereocenters. The van der Waals surface area contributed by atoms with Crippen LogP contribution < -0.4 is 15.4 Å². The van der Waals surface area contributed by atoms with Gasteiger partial charge in [0.25, 0.3) is 5.91 Å². The number of rotatable bonds is 6. The summed E-state index contributed by atoms with van der Waals surface area (Å²) in [6.07, 6.45) is 1.37. The molecule has 1 aromatic heterocycles. The minimum absolute atomic E-state index is 0.268. The van der Waals surface area contributed by atoms with Gasteiger partial charge in [-0.1, -0.05) is 24.3 Å². The number of nitrogens with zero attached hydrogens (tertiary/aromatic N) is 2. The highest BCUT2D eigenvalue weighted by molar-refractivity contribution is 6.04. The molecular weight excluding hydrogens is 340 g/mol. The van der Waals surface area contributed by atoms with Crippen molar-refractivity contribution in [1.29, 1.82) is 0 Å². The average Bonchev–Trinajstić information content (AvgIpc) is 2.67. The van der Waals surface area contributed by atoms with Gasteiger partial charge in [0.1, 0.15) is 23.6 Å². The predicted molar refractivity (Wildman–Crippen MR) is 107 cm³/mol. The second kappa shape index (κ2) is 8.31. The first-order chi connectivity index (χ1) is 13.1. The number of hydrogen-bond acceptors (Lipinski definition) is 5. The fourth-order valence-electron chi connectivity index (χ4n) is 2.61. The number of aromatic nitrogens is 2. The van der Waals surface area contributed by atoms with Crippen LogP contribution >= 0.6 is 0 Å². The molecule has 0 bridgehead atoms. The summed E-state index contributed by atoms with van der Waals surface area (Å²) in [5, 5.41) is 6.09. The van der Waals surface area contributed by atoms with Crippen LogP contribution in [0.3, 0.4) is 0 Å². The van der Waals surface area contributed by atoms with Gasteiger partial charge in [-0.15, -0.1) is 0 Å². The maximum atomic E-state index is 12.6. The van der Waals surface area contributed by atoms with Gasteiger partial charge >= 0.3 is 0 Å². The molecule has 0 saturated carbocycles. The number of carbonyl (C=O) groups is 1. The number of ether oxygens (including phenoxy) is 1. The van der Waals surface area contributed by atoms with Gasteiger partial charge in [0.05, 0.1) is 12.3 Å². The van der Waals surface area contributed by atoms with Crippen molar-refractivity contribution in [2.75, 3.05) is 17.2 Å². The highest BCUT2D eigenvalue weighted by Gasteiger charge is 2.12. The summed E-state index contributed by atoms with van der Waals surface area (Å²) < 4.78 is 5.54. The molecule has 0 fully saturated rings. The standard InChI is InChI=1S/C21H22N4O2/c1-4-27-19-11-6-5-9-17(19)25-21(26)18-12-20(23-13-22-18)24-16-10-7-8-14(2)15(16)3/h5-13H,4H2,1-3H3,(H,25,26)(H,22,23,24). The Labute approximate surface area is 158 Å². The van der Waals surface area contributed by atoms with Crippen LogP contribution in [0.4, 0.5) is 17.2 Å². The molecule has 0 spiro atoms. The zero-order chi connectivity index (χ0) is 19.2. The molecule has 2 N–H and O–H groups in total. The van der Waals surface area contributed by atoms with Crippen LogP contribution in [0.2, 0.25) is 0 Å². The summed E-state index contributed by atoms with van der Waals surface area (Å²) in [5.74, 6) is 0.853. The molecule has 6 heteroatoms. The SMILES string of the molecule is CCOc1ccccc1NC(=O)c1cc(Nc2cccc(C)c2C)ncn1. The van der Waals surface area contributed by atoms with E-state index in [9.17, 15) is 4.79 Å². The largest absolute Gasteiger partial charge is 0.492 e. The van der Waals surface area contributed by atoms with Crippen LogP contribution in [0.15, 0.2) is 54.9 Å². The molecule has 3 rings (SSSR count). The fourth-order valence-corrected chi connectivity index (χ4v) is 2.61. The van der Waals surface area contributed by atoms with E-state index in [1.165, 1.54) is 11.9 Å². The van der Waals surface area contributed by atoms with Crippen LogP contribution in [0.1, 0.15) is 28.5 Å². The van der Waals surface area contributed by atoms with Crippen molar-refractivity contribution in [3.05, 3.63) is 71.7 Å². The predicted octanol–water partition coefficient (Wildman–Crippen LogP) is 4.49. The molecule has 0 atom stereocenters. The normalized spacial score (nSPS) is 10.3. The number of anilines is 3. The Morgan fingerprint density at radius 2 is 1.81 bits per heavy atom. The third-order valence-electron chi connectivity index (χ3n) is 4.20. The van der Waals surface area contributed by atoms with E-state index in [0.29, 0.717) is 23.9 Å². The van der Waals surface area contributed by atoms with Crippen molar-refractivity contribution in [3.63, 3.8) is 0 Å². The van der Waals surface area contributed by atoms with Gasteiger partial charge in [0, 0.05) is 11.8 Å². The van der Waals surface area contributed by atoms with E-state index < -0.39 is 0 Å². The molecule has 0 aliphatic carbocycles. The zero-order valence-electron chi connectivity index (χ0n) is 15.6. The van der Waals surface area contributed by atoms with Crippen molar-refractivity contribution >= 4 is 23.1 Å². The first-order valence-electron chi connectivity index (χ1n) is 8.77. The van der Waals surface area contributed by atoms with E-state index in [0.717, 1.165) is 11.3 Å². The molecule has 27 heavy (non-hydrogen) atoms. The van der Waals surface area contributed by atoms with E-state index in [2.05, 4.69) is 33.6 Å². The van der Waals surface area contributed by atoms with Gasteiger partial charge in [0.15, 0.2) is 0 Å². The minimum atomic E-state index is -0.325. The van der Waals surface area contributed by atoms with Gasteiger partial charge in [-0.3, -0.25) is 4.79 Å². The highest BCUT2D eigenvalue weighted by Crippen LogP contribution is 2.25. The molecule has 2 aromatic carbocycles. The lowest BCUT2D eigenvalue weighted by Crippen LogP contribution is -2.15. The number of amides is 1. The second-order valence-corrected chi connectivity index (χ2v) is 6.04. The highest BCUT2D eigenvalue weighted by atomic mass is 16.5. The van der Waals surface area contributed by atoms with Crippen LogP contribution in [-0.2, 0) is 0 Å². The Hall–Kier alpha value is -3.41. The minimum Gasteiger partial charge on any atom is -0.492 e. The van der Waals surface area contributed by atoms with Crippen molar-refractivity contribution in [2.45, 2.75) is 20.8 Å². The first kappa shape index (κ1) is 18.4. The molecular formula is C21H22N4O2. The summed E-state index contributed by atoms with van der Waals surface area (Å²) in [6.45, 7) is 6.50. The van der Waals surface area contributed by atoms with Gasteiger partial charge in [0.2, 0.25) is 0 Å². The van der Waals surface area contributed by atoms with E-state index in [4.69, 9.17) is 4.74 Å². The Bertz CT molecular complexity index is 956. The van der Waals surface area contributed by atoms with Crippen LogP contribution in [0.5, 0.6) is 5.75 Å². The monoisotopic (exact) mass is 362 g/mol. The number of carbonyl (C=O) groups excluding carboxylic acids is 1. The third-order valence-corrected chi connectivity index (χ3v) is 4.20. The molecule has 0 aliphatic heterocycles. The molecule has 1 heterocycles. The van der Waals surface area contributed by atoms with Gasteiger partial charge in [-0.2, -0.15) is 0 Å². The summed E-state index contributed by atoms with van der Waals surface area (Å²) in [4.78, 5) is 20.9. The van der Waals surface area contributed by atoms with E-state index >= 15 is 0 Å². The molecule has 6 nitrogen and oxygen atoms in total. The zero-order valence-corrected chi connectivity index (χ0v) is 15.6. The third kappa shape index (κ3) is 4.41. The lowest BCUT2D eigenvalue weighted by Gasteiger charge is -2.12. The summed E-state index contributed by atoms with van der Waals surface area (Å²) >= 11 is 0. The van der Waals surface area contributed by atoms with Crippen LogP contribution in [-0.4, -0.2) is 22.5 Å². The lowest BCUT2D eigenvalue weighted by molar-refractivity contribution is 0.102. The number of aryl methyl sites for hydroxylation is 1. The maximum Gasteiger partial charge on any atom is 0.274 e. The van der Waals surface area contributed by atoms with E-state index in [1.807, 2.05) is 44.2 Å². The van der Waals surface area contributed by atoms with Crippen molar-refractivity contribution in [3.8, 4) is 5.75 Å². The Kier molecular flexibility index (Phi) is 5.66.